The van der Waals surface area contributed by atoms with Crippen molar-refractivity contribution >= 4 is 23.1 Å². The van der Waals surface area contributed by atoms with Crippen LogP contribution in [0.25, 0.3) is 0 Å². The van der Waals surface area contributed by atoms with Gasteiger partial charge in [0.15, 0.2) is 5.78 Å². The molecule has 0 aliphatic carbocycles. The number of aliphatic carboxylic acids is 1. The third-order valence-corrected chi connectivity index (χ3v) is 3.53. The Kier molecular flexibility index (Phi) is 3.88. The molecule has 0 saturated heterocycles. The summed E-state index contributed by atoms with van der Waals surface area (Å²) >= 11 is 1.39. The number of thiophene rings is 1. The first kappa shape index (κ1) is 12.5. The van der Waals surface area contributed by atoms with Gasteiger partial charge in [0.05, 0.1) is 11.3 Å². The van der Waals surface area contributed by atoms with Crippen LogP contribution in [0.2, 0.25) is 0 Å². The molecule has 2 aromatic rings. The summed E-state index contributed by atoms with van der Waals surface area (Å²) in [6.45, 7) is 0. The Morgan fingerprint density at radius 1 is 1.33 bits per heavy atom. The molecular formula is C12H12N2O3S. The minimum absolute atomic E-state index is 0.0516. The Bertz CT molecular complexity index is 545. The summed E-state index contributed by atoms with van der Waals surface area (Å²) in [6.07, 6.45) is 4.02. The summed E-state index contributed by atoms with van der Waals surface area (Å²) in [5.74, 6) is -0.217. The molecule has 0 amide bonds. The molecule has 0 aliphatic heterocycles. The lowest BCUT2D eigenvalue weighted by Gasteiger charge is -1.94. The second-order valence-electron chi connectivity index (χ2n) is 3.80. The van der Waals surface area contributed by atoms with Crippen molar-refractivity contribution < 1.29 is 14.7 Å². The SMILES string of the molecule is O=C(O)CCC(=O)c1ccc(Cc2ncc[nH]2)s1. The molecule has 0 spiro atoms. The molecule has 2 heterocycles. The second kappa shape index (κ2) is 5.59. The highest BCUT2D eigenvalue weighted by Crippen LogP contribution is 2.20. The molecule has 6 heteroatoms. The Labute approximate surface area is 107 Å². The molecule has 0 radical (unpaired) electrons. The van der Waals surface area contributed by atoms with Crippen molar-refractivity contribution in [2.75, 3.05) is 0 Å². The summed E-state index contributed by atoms with van der Waals surface area (Å²) in [6, 6.07) is 3.62. The number of nitrogens with zero attached hydrogens (tertiary/aromatic N) is 1. The number of nitrogens with one attached hydrogen (secondary N) is 1. The second-order valence-corrected chi connectivity index (χ2v) is 4.96. The molecule has 0 aliphatic rings. The van der Waals surface area contributed by atoms with E-state index < -0.39 is 5.97 Å². The van der Waals surface area contributed by atoms with Gasteiger partial charge in [0.25, 0.3) is 0 Å². The third-order valence-electron chi connectivity index (χ3n) is 2.40. The van der Waals surface area contributed by atoms with E-state index in [0.717, 1.165) is 10.7 Å². The van der Waals surface area contributed by atoms with Crippen LogP contribution in [0.15, 0.2) is 24.5 Å². The highest BCUT2D eigenvalue weighted by Gasteiger charge is 2.11. The van der Waals surface area contributed by atoms with Gasteiger partial charge in [-0.2, -0.15) is 0 Å². The average molecular weight is 264 g/mol. The quantitative estimate of drug-likeness (QED) is 0.783. The van der Waals surface area contributed by atoms with E-state index in [-0.39, 0.29) is 18.6 Å². The number of ketones is 1. The third kappa shape index (κ3) is 3.27. The van der Waals surface area contributed by atoms with Gasteiger partial charge >= 0.3 is 5.97 Å². The smallest absolute Gasteiger partial charge is 0.303 e. The van der Waals surface area contributed by atoms with Gasteiger partial charge in [-0.25, -0.2) is 4.98 Å². The number of rotatable bonds is 6. The van der Waals surface area contributed by atoms with Crippen LogP contribution in [0.3, 0.4) is 0 Å². The van der Waals surface area contributed by atoms with E-state index in [2.05, 4.69) is 9.97 Å². The number of carboxylic acids is 1. The van der Waals surface area contributed by atoms with Crippen LogP contribution >= 0.6 is 11.3 Å². The first-order valence-corrected chi connectivity index (χ1v) is 6.29. The van der Waals surface area contributed by atoms with Gasteiger partial charge in [-0.05, 0) is 12.1 Å². The summed E-state index contributed by atoms with van der Waals surface area (Å²) in [5, 5.41) is 8.52. The van der Waals surface area contributed by atoms with Crippen molar-refractivity contribution in [2.45, 2.75) is 19.3 Å². The van der Waals surface area contributed by atoms with Gasteiger partial charge in [-0.15, -0.1) is 11.3 Å². The number of H-pyrrole nitrogens is 1. The van der Waals surface area contributed by atoms with E-state index in [9.17, 15) is 9.59 Å². The van der Waals surface area contributed by atoms with E-state index in [1.807, 2.05) is 6.07 Å². The molecular weight excluding hydrogens is 252 g/mol. The number of carboxylic acid groups (broad SMARTS) is 1. The van der Waals surface area contributed by atoms with Gasteiger partial charge in [-0.1, -0.05) is 0 Å². The number of carbonyl (C=O) groups is 2. The summed E-state index contributed by atoms with van der Waals surface area (Å²) in [4.78, 5) is 30.8. The molecule has 0 fully saturated rings. The largest absolute Gasteiger partial charge is 0.481 e. The fraction of sp³-hybridized carbons (Fsp3) is 0.250. The summed E-state index contributed by atoms with van der Waals surface area (Å²) in [5.41, 5.74) is 0. The fourth-order valence-electron chi connectivity index (χ4n) is 1.53. The fourth-order valence-corrected chi connectivity index (χ4v) is 2.51. The zero-order chi connectivity index (χ0) is 13.0. The normalized spacial score (nSPS) is 10.4. The minimum atomic E-state index is -0.948. The van der Waals surface area contributed by atoms with Crippen LogP contribution in [0.5, 0.6) is 0 Å². The Balaban J connectivity index is 1.97. The lowest BCUT2D eigenvalue weighted by atomic mass is 10.2. The predicted octanol–water partition coefficient (Wildman–Crippen LogP) is 2.11. The summed E-state index contributed by atoms with van der Waals surface area (Å²) in [7, 11) is 0. The van der Waals surface area contributed by atoms with E-state index in [4.69, 9.17) is 5.11 Å². The first-order chi connectivity index (χ1) is 8.65. The molecule has 0 bridgehead atoms. The molecule has 0 atom stereocenters. The van der Waals surface area contributed by atoms with Crippen LogP contribution in [-0.2, 0) is 11.2 Å². The van der Waals surface area contributed by atoms with Crippen LogP contribution in [0, 0.1) is 0 Å². The Morgan fingerprint density at radius 3 is 2.83 bits per heavy atom. The molecule has 0 aromatic carbocycles. The standard InChI is InChI=1S/C12H12N2O3S/c15-9(2-4-12(16)17)10-3-1-8(18-10)7-11-13-5-6-14-11/h1,3,5-6H,2,4,7H2,(H,13,14)(H,16,17). The molecule has 0 saturated carbocycles. The van der Waals surface area contributed by atoms with Gasteiger partial charge in [0.1, 0.15) is 5.82 Å². The Hall–Kier alpha value is -1.95. The first-order valence-electron chi connectivity index (χ1n) is 5.47. The van der Waals surface area contributed by atoms with E-state index in [1.165, 1.54) is 11.3 Å². The average Bonchev–Trinajstić information content (AvgIpc) is 2.98. The number of carbonyl (C=O) groups excluding carboxylic acids is 1. The molecule has 2 aromatic heterocycles. The predicted molar refractivity (Wildman–Crippen MR) is 66.9 cm³/mol. The maximum atomic E-state index is 11.7. The highest BCUT2D eigenvalue weighted by molar-refractivity contribution is 7.14. The maximum Gasteiger partial charge on any atom is 0.303 e. The van der Waals surface area contributed by atoms with Crippen LogP contribution in [0.4, 0.5) is 0 Å². The number of hydrogen-bond donors (Lipinski definition) is 2. The van der Waals surface area contributed by atoms with Crippen molar-refractivity contribution in [1.29, 1.82) is 0 Å². The van der Waals surface area contributed by atoms with Crippen LogP contribution < -0.4 is 0 Å². The number of aromatic nitrogens is 2. The van der Waals surface area contributed by atoms with E-state index >= 15 is 0 Å². The maximum absolute atomic E-state index is 11.7. The van der Waals surface area contributed by atoms with Gasteiger partial charge in [0.2, 0.25) is 0 Å². The molecule has 0 unspecified atom stereocenters. The lowest BCUT2D eigenvalue weighted by Crippen LogP contribution is -2.01. The zero-order valence-corrected chi connectivity index (χ0v) is 10.4. The Morgan fingerprint density at radius 2 is 2.17 bits per heavy atom. The molecule has 2 N–H and O–H groups in total. The highest BCUT2D eigenvalue weighted by atomic mass is 32.1. The van der Waals surface area contributed by atoms with Crippen molar-refractivity contribution in [3.05, 3.63) is 40.1 Å². The number of aromatic amines is 1. The molecule has 5 nitrogen and oxygen atoms in total. The molecule has 18 heavy (non-hydrogen) atoms. The van der Waals surface area contributed by atoms with Crippen molar-refractivity contribution in [3.8, 4) is 0 Å². The van der Waals surface area contributed by atoms with Crippen LogP contribution in [0.1, 0.15) is 33.2 Å². The van der Waals surface area contributed by atoms with Crippen molar-refractivity contribution in [1.82, 2.24) is 9.97 Å². The van der Waals surface area contributed by atoms with Crippen molar-refractivity contribution in [3.63, 3.8) is 0 Å². The monoisotopic (exact) mass is 264 g/mol. The molecule has 94 valence electrons. The number of imidazole rings is 1. The minimum Gasteiger partial charge on any atom is -0.481 e. The van der Waals surface area contributed by atoms with E-state index in [0.29, 0.717) is 11.3 Å². The van der Waals surface area contributed by atoms with E-state index in [1.54, 1.807) is 18.5 Å². The van der Waals surface area contributed by atoms with Gasteiger partial charge in [-0.3, -0.25) is 9.59 Å². The molecule has 2 rings (SSSR count). The van der Waals surface area contributed by atoms with Crippen LogP contribution in [-0.4, -0.2) is 26.8 Å². The summed E-state index contributed by atoms with van der Waals surface area (Å²) < 4.78 is 0. The topological polar surface area (TPSA) is 83.0 Å². The zero-order valence-electron chi connectivity index (χ0n) is 9.55. The number of Topliss-reactive ketones (excluding diaryl/α,β-unsaturated/α-hetero) is 1. The van der Waals surface area contributed by atoms with Gasteiger partial charge < -0.3 is 10.1 Å². The van der Waals surface area contributed by atoms with Crippen molar-refractivity contribution in [2.24, 2.45) is 0 Å². The lowest BCUT2D eigenvalue weighted by molar-refractivity contribution is -0.136. The van der Waals surface area contributed by atoms with Gasteiger partial charge in [0, 0.05) is 30.1 Å². The number of hydrogen-bond acceptors (Lipinski definition) is 4.